The molecule has 5 heteroatoms. The highest BCUT2D eigenvalue weighted by Crippen LogP contribution is 2.29. The molecule has 24 heavy (non-hydrogen) atoms. The Kier molecular flexibility index (Phi) is 6.23. The molecule has 128 valence electrons. The van der Waals surface area contributed by atoms with Gasteiger partial charge in [0.2, 0.25) is 0 Å². The maximum atomic E-state index is 12.1. The first kappa shape index (κ1) is 18.3. The third kappa shape index (κ3) is 4.08. The number of ether oxygens (including phenoxy) is 2. The number of nitrogens with one attached hydrogen (secondary N) is 1. The molecule has 0 radical (unpaired) electrons. The number of carbonyl (C=O) groups excluding carboxylic acids is 1. The minimum absolute atomic E-state index is 0.229. The Balaban J connectivity index is 2.32. The average molecular weight is 348 g/mol. The van der Waals surface area contributed by atoms with Crippen LogP contribution in [0.4, 0.5) is 0 Å². The predicted molar refractivity (Wildman–Crippen MR) is 95.5 cm³/mol. The van der Waals surface area contributed by atoms with Crippen molar-refractivity contribution in [3.8, 4) is 5.75 Å². The number of rotatable bonds is 6. The maximum Gasteiger partial charge on any atom is 0.253 e. The van der Waals surface area contributed by atoms with E-state index in [0.29, 0.717) is 10.6 Å². The summed E-state index contributed by atoms with van der Waals surface area (Å²) in [5.74, 6) is 0.572. The minimum atomic E-state index is -0.731. The Morgan fingerprint density at radius 1 is 1.25 bits per heavy atom. The number of benzene rings is 2. The van der Waals surface area contributed by atoms with Crippen LogP contribution in [-0.2, 0) is 16.1 Å². The maximum absolute atomic E-state index is 12.1. The van der Waals surface area contributed by atoms with Crippen LogP contribution in [0.1, 0.15) is 28.4 Å². The number of halogens is 1. The Bertz CT molecular complexity index is 731. The van der Waals surface area contributed by atoms with Crippen LogP contribution < -0.4 is 10.1 Å². The van der Waals surface area contributed by atoms with Crippen molar-refractivity contribution < 1.29 is 14.3 Å². The summed E-state index contributed by atoms with van der Waals surface area (Å²) < 4.78 is 11.3. The van der Waals surface area contributed by atoms with E-state index >= 15 is 0 Å². The summed E-state index contributed by atoms with van der Waals surface area (Å²) in [6.07, 6.45) is -0.731. The molecule has 0 bridgehead atoms. The lowest BCUT2D eigenvalue weighted by Gasteiger charge is -2.19. The van der Waals surface area contributed by atoms with Gasteiger partial charge in [0.25, 0.3) is 5.91 Å². The summed E-state index contributed by atoms with van der Waals surface area (Å²) in [7, 11) is 3.07. The standard InChI is InChI=1S/C19H22ClNO3/c1-12-8-9-13(2)17(10-12)24-11-15-14(6-5-7-16(15)20)18(23-4)19(22)21-3/h5-10,18H,11H2,1-4H3,(H,21,22). The second-order valence-electron chi connectivity index (χ2n) is 5.60. The van der Waals surface area contributed by atoms with Gasteiger partial charge in [-0.15, -0.1) is 0 Å². The second-order valence-corrected chi connectivity index (χ2v) is 6.00. The predicted octanol–water partition coefficient (Wildman–Crippen LogP) is 3.97. The molecule has 0 spiro atoms. The van der Waals surface area contributed by atoms with Crippen molar-refractivity contribution in [1.29, 1.82) is 0 Å². The normalized spacial score (nSPS) is 11.9. The van der Waals surface area contributed by atoms with Crippen molar-refractivity contribution >= 4 is 17.5 Å². The second kappa shape index (κ2) is 8.18. The topological polar surface area (TPSA) is 47.6 Å². The van der Waals surface area contributed by atoms with Crippen LogP contribution in [0.5, 0.6) is 5.75 Å². The Hall–Kier alpha value is -2.04. The van der Waals surface area contributed by atoms with Crippen LogP contribution in [0.2, 0.25) is 5.02 Å². The molecular formula is C19H22ClNO3. The first-order chi connectivity index (χ1) is 11.5. The summed E-state index contributed by atoms with van der Waals surface area (Å²) >= 11 is 6.35. The van der Waals surface area contributed by atoms with Gasteiger partial charge in [-0.1, -0.05) is 35.9 Å². The molecule has 2 rings (SSSR count). The molecule has 1 amide bonds. The van der Waals surface area contributed by atoms with Crippen LogP contribution in [-0.4, -0.2) is 20.1 Å². The number of hydrogen-bond donors (Lipinski definition) is 1. The van der Waals surface area contributed by atoms with Crippen LogP contribution in [0.25, 0.3) is 0 Å². The molecule has 2 aromatic rings. The van der Waals surface area contributed by atoms with Crippen LogP contribution >= 0.6 is 11.6 Å². The first-order valence-electron chi connectivity index (χ1n) is 7.69. The number of methoxy groups -OCH3 is 1. The molecule has 0 aliphatic rings. The van der Waals surface area contributed by atoms with E-state index in [1.54, 1.807) is 19.2 Å². The zero-order valence-electron chi connectivity index (χ0n) is 14.4. The van der Waals surface area contributed by atoms with Crippen LogP contribution in [0.15, 0.2) is 36.4 Å². The molecule has 0 aliphatic heterocycles. The summed E-state index contributed by atoms with van der Waals surface area (Å²) in [5, 5.41) is 3.15. The number of likely N-dealkylation sites (N-methyl/N-ethyl adjacent to an activating group) is 1. The summed E-state index contributed by atoms with van der Waals surface area (Å²) in [6.45, 7) is 4.26. The van der Waals surface area contributed by atoms with Gasteiger partial charge < -0.3 is 14.8 Å². The van der Waals surface area contributed by atoms with E-state index in [1.807, 2.05) is 38.1 Å². The number of hydrogen-bond acceptors (Lipinski definition) is 3. The lowest BCUT2D eigenvalue weighted by Crippen LogP contribution is -2.28. The molecule has 1 N–H and O–H groups in total. The number of amides is 1. The Morgan fingerprint density at radius 2 is 2.00 bits per heavy atom. The van der Waals surface area contributed by atoms with Gasteiger partial charge in [-0.3, -0.25) is 4.79 Å². The molecule has 0 fully saturated rings. The SMILES string of the molecule is CNC(=O)C(OC)c1cccc(Cl)c1COc1cc(C)ccc1C. The zero-order valence-corrected chi connectivity index (χ0v) is 15.1. The molecular weight excluding hydrogens is 326 g/mol. The van der Waals surface area contributed by atoms with E-state index in [1.165, 1.54) is 7.11 Å². The first-order valence-corrected chi connectivity index (χ1v) is 8.07. The highest BCUT2D eigenvalue weighted by atomic mass is 35.5. The van der Waals surface area contributed by atoms with Crippen molar-refractivity contribution in [2.45, 2.75) is 26.6 Å². The summed E-state index contributed by atoms with van der Waals surface area (Å²) in [5.41, 5.74) is 3.61. The van der Waals surface area contributed by atoms with Gasteiger partial charge in [0.05, 0.1) is 0 Å². The zero-order chi connectivity index (χ0) is 17.7. The molecule has 0 aromatic heterocycles. The van der Waals surface area contributed by atoms with E-state index in [-0.39, 0.29) is 12.5 Å². The van der Waals surface area contributed by atoms with Crippen molar-refractivity contribution in [2.24, 2.45) is 0 Å². The average Bonchev–Trinajstić information content (AvgIpc) is 2.57. The smallest absolute Gasteiger partial charge is 0.253 e. The molecule has 4 nitrogen and oxygen atoms in total. The van der Waals surface area contributed by atoms with Crippen molar-refractivity contribution in [2.75, 3.05) is 14.2 Å². The van der Waals surface area contributed by atoms with Gasteiger partial charge in [0.1, 0.15) is 12.4 Å². The molecule has 1 atom stereocenters. The Morgan fingerprint density at radius 3 is 2.67 bits per heavy atom. The van der Waals surface area contributed by atoms with Crippen molar-refractivity contribution in [1.82, 2.24) is 5.32 Å². The molecule has 0 saturated heterocycles. The van der Waals surface area contributed by atoms with Gasteiger partial charge in [-0.2, -0.15) is 0 Å². The summed E-state index contributed by atoms with van der Waals surface area (Å²) in [6, 6.07) is 11.4. The third-order valence-electron chi connectivity index (χ3n) is 3.87. The minimum Gasteiger partial charge on any atom is -0.489 e. The van der Waals surface area contributed by atoms with Gasteiger partial charge in [0.15, 0.2) is 6.10 Å². The lowest BCUT2D eigenvalue weighted by atomic mass is 10.0. The number of aryl methyl sites for hydroxylation is 2. The molecule has 2 aromatic carbocycles. The van der Waals surface area contributed by atoms with Gasteiger partial charge in [-0.25, -0.2) is 0 Å². The lowest BCUT2D eigenvalue weighted by molar-refractivity contribution is -0.130. The van der Waals surface area contributed by atoms with E-state index in [9.17, 15) is 4.79 Å². The fourth-order valence-corrected chi connectivity index (χ4v) is 2.73. The van der Waals surface area contributed by atoms with Gasteiger partial charge in [-0.05, 0) is 42.7 Å². The van der Waals surface area contributed by atoms with Gasteiger partial charge >= 0.3 is 0 Å². The fourth-order valence-electron chi connectivity index (χ4n) is 2.49. The fraction of sp³-hybridized carbons (Fsp3) is 0.316. The van der Waals surface area contributed by atoms with E-state index in [4.69, 9.17) is 21.1 Å². The van der Waals surface area contributed by atoms with Crippen LogP contribution in [0.3, 0.4) is 0 Å². The highest BCUT2D eigenvalue weighted by Gasteiger charge is 2.23. The van der Waals surface area contributed by atoms with E-state index < -0.39 is 6.10 Å². The molecule has 0 saturated carbocycles. The monoisotopic (exact) mass is 347 g/mol. The molecule has 1 unspecified atom stereocenters. The van der Waals surface area contributed by atoms with Crippen molar-refractivity contribution in [3.05, 3.63) is 63.7 Å². The van der Waals surface area contributed by atoms with Crippen molar-refractivity contribution in [3.63, 3.8) is 0 Å². The summed E-state index contributed by atoms with van der Waals surface area (Å²) in [4.78, 5) is 12.1. The number of carbonyl (C=O) groups is 1. The van der Waals surface area contributed by atoms with Gasteiger partial charge in [0, 0.05) is 24.7 Å². The van der Waals surface area contributed by atoms with E-state index in [0.717, 1.165) is 22.4 Å². The largest absolute Gasteiger partial charge is 0.489 e. The highest BCUT2D eigenvalue weighted by molar-refractivity contribution is 6.31. The Labute approximate surface area is 147 Å². The van der Waals surface area contributed by atoms with Crippen LogP contribution in [0, 0.1) is 13.8 Å². The molecule has 0 aliphatic carbocycles. The quantitative estimate of drug-likeness (QED) is 0.860. The van der Waals surface area contributed by atoms with E-state index in [2.05, 4.69) is 5.32 Å². The third-order valence-corrected chi connectivity index (χ3v) is 4.23. The molecule has 0 heterocycles.